The van der Waals surface area contributed by atoms with Gasteiger partial charge in [0.25, 0.3) is 0 Å². The topological polar surface area (TPSA) is 66.8 Å². The molecular formula is C11H11F3O4. The number of carbonyl (C=O) groups is 1. The Morgan fingerprint density at radius 1 is 1.44 bits per heavy atom. The minimum Gasteiger partial charge on any atom is -0.508 e. The van der Waals surface area contributed by atoms with Gasteiger partial charge in [0.05, 0.1) is 5.92 Å². The molecule has 0 aromatic heterocycles. The van der Waals surface area contributed by atoms with Crippen molar-refractivity contribution >= 4 is 5.97 Å². The molecule has 0 amide bonds. The first-order valence-electron chi connectivity index (χ1n) is 4.99. The van der Waals surface area contributed by atoms with Crippen LogP contribution in [0, 0.1) is 5.92 Å². The first-order valence-corrected chi connectivity index (χ1v) is 4.99. The van der Waals surface area contributed by atoms with Crippen molar-refractivity contribution in [3.05, 3.63) is 23.8 Å². The summed E-state index contributed by atoms with van der Waals surface area (Å²) in [6, 6.07) is 3.18. The van der Waals surface area contributed by atoms with Gasteiger partial charge in [0, 0.05) is 6.07 Å². The second-order valence-corrected chi connectivity index (χ2v) is 3.78. The Bertz CT molecular complexity index is 442. The number of alkyl halides is 3. The van der Waals surface area contributed by atoms with Gasteiger partial charge < -0.3 is 14.9 Å². The molecule has 4 nitrogen and oxygen atoms in total. The van der Waals surface area contributed by atoms with E-state index in [1.54, 1.807) is 0 Å². The van der Waals surface area contributed by atoms with Crippen LogP contribution in [0.3, 0.4) is 0 Å². The standard InChI is InChI=1S/C11H11F3O4/c1-6(10(16)17)4-7-2-3-8(15)5-9(7)18-11(12,13)14/h2-3,5-6,15H,4H2,1H3,(H,16,17). The van der Waals surface area contributed by atoms with Crippen LogP contribution < -0.4 is 4.74 Å². The Hall–Kier alpha value is -1.92. The Labute approximate surface area is 101 Å². The first kappa shape index (κ1) is 14.1. The van der Waals surface area contributed by atoms with E-state index < -0.39 is 24.0 Å². The molecule has 1 aromatic rings. The van der Waals surface area contributed by atoms with Gasteiger partial charge in [-0.2, -0.15) is 0 Å². The third-order valence-electron chi connectivity index (χ3n) is 2.22. The fraction of sp³-hybridized carbons (Fsp3) is 0.364. The van der Waals surface area contributed by atoms with Crippen LogP contribution in [0.15, 0.2) is 18.2 Å². The van der Waals surface area contributed by atoms with E-state index in [1.807, 2.05) is 0 Å². The van der Waals surface area contributed by atoms with Crippen molar-refractivity contribution < 1.29 is 32.9 Å². The Balaban J connectivity index is 3.00. The summed E-state index contributed by atoms with van der Waals surface area (Å²) >= 11 is 0. The van der Waals surface area contributed by atoms with Gasteiger partial charge in [-0.05, 0) is 18.1 Å². The van der Waals surface area contributed by atoms with Crippen molar-refractivity contribution in [1.82, 2.24) is 0 Å². The molecule has 7 heteroatoms. The van der Waals surface area contributed by atoms with Crippen LogP contribution in [0.1, 0.15) is 12.5 Å². The van der Waals surface area contributed by atoms with Gasteiger partial charge in [0.1, 0.15) is 11.5 Å². The number of ether oxygens (including phenoxy) is 1. The molecule has 1 atom stereocenters. The molecule has 0 radical (unpaired) electrons. The fourth-order valence-electron chi connectivity index (χ4n) is 1.35. The van der Waals surface area contributed by atoms with Gasteiger partial charge in [-0.1, -0.05) is 13.0 Å². The molecule has 0 saturated carbocycles. The van der Waals surface area contributed by atoms with Crippen LogP contribution >= 0.6 is 0 Å². The third-order valence-corrected chi connectivity index (χ3v) is 2.22. The van der Waals surface area contributed by atoms with E-state index in [9.17, 15) is 18.0 Å². The molecular weight excluding hydrogens is 253 g/mol. The van der Waals surface area contributed by atoms with Gasteiger partial charge in [-0.25, -0.2) is 0 Å². The summed E-state index contributed by atoms with van der Waals surface area (Å²) in [6.07, 6.45) is -5.02. The average Bonchev–Trinajstić information content (AvgIpc) is 2.19. The quantitative estimate of drug-likeness (QED) is 0.877. The molecule has 0 heterocycles. The molecule has 0 aliphatic carbocycles. The minimum atomic E-state index is -4.89. The van der Waals surface area contributed by atoms with Crippen LogP contribution in [-0.4, -0.2) is 22.5 Å². The summed E-state index contributed by atoms with van der Waals surface area (Å²) in [5.74, 6) is -2.96. The maximum absolute atomic E-state index is 12.1. The highest BCUT2D eigenvalue weighted by Crippen LogP contribution is 2.31. The Kier molecular flexibility index (Phi) is 4.05. The lowest BCUT2D eigenvalue weighted by Crippen LogP contribution is -2.19. The molecule has 0 saturated heterocycles. The highest BCUT2D eigenvalue weighted by atomic mass is 19.4. The van der Waals surface area contributed by atoms with E-state index in [0.717, 1.165) is 6.07 Å². The van der Waals surface area contributed by atoms with Gasteiger partial charge in [-0.15, -0.1) is 13.2 Å². The molecule has 1 aromatic carbocycles. The van der Waals surface area contributed by atoms with E-state index >= 15 is 0 Å². The Morgan fingerprint density at radius 3 is 2.56 bits per heavy atom. The number of aliphatic carboxylic acids is 1. The molecule has 0 spiro atoms. The van der Waals surface area contributed by atoms with E-state index in [1.165, 1.54) is 19.1 Å². The second kappa shape index (κ2) is 5.16. The van der Waals surface area contributed by atoms with E-state index in [-0.39, 0.29) is 17.7 Å². The maximum atomic E-state index is 12.1. The van der Waals surface area contributed by atoms with E-state index in [2.05, 4.69) is 4.74 Å². The van der Waals surface area contributed by atoms with E-state index in [4.69, 9.17) is 10.2 Å². The van der Waals surface area contributed by atoms with Crippen LogP contribution in [0.4, 0.5) is 13.2 Å². The molecule has 0 bridgehead atoms. The molecule has 0 aliphatic rings. The van der Waals surface area contributed by atoms with Crippen molar-refractivity contribution in [1.29, 1.82) is 0 Å². The Morgan fingerprint density at radius 2 is 2.06 bits per heavy atom. The predicted octanol–water partition coefficient (Wildman–Crippen LogP) is 2.55. The summed E-state index contributed by atoms with van der Waals surface area (Å²) in [5.41, 5.74) is 0.0695. The highest BCUT2D eigenvalue weighted by Gasteiger charge is 2.32. The number of carboxylic acid groups (broad SMARTS) is 1. The summed E-state index contributed by atoms with van der Waals surface area (Å²) < 4.78 is 40.1. The average molecular weight is 264 g/mol. The van der Waals surface area contributed by atoms with Crippen molar-refractivity contribution in [3.8, 4) is 11.5 Å². The molecule has 18 heavy (non-hydrogen) atoms. The maximum Gasteiger partial charge on any atom is 0.573 e. The normalized spacial score (nSPS) is 13.1. The molecule has 1 rings (SSSR count). The molecule has 2 N–H and O–H groups in total. The molecule has 0 aliphatic heterocycles. The van der Waals surface area contributed by atoms with Crippen LogP contribution in [0.25, 0.3) is 0 Å². The first-order chi connectivity index (χ1) is 8.19. The second-order valence-electron chi connectivity index (χ2n) is 3.78. The lowest BCUT2D eigenvalue weighted by molar-refractivity contribution is -0.274. The van der Waals surface area contributed by atoms with Gasteiger partial charge in [-0.3, -0.25) is 4.79 Å². The van der Waals surface area contributed by atoms with Gasteiger partial charge in [0.2, 0.25) is 0 Å². The fourth-order valence-corrected chi connectivity index (χ4v) is 1.35. The minimum absolute atomic E-state index is 0.0695. The highest BCUT2D eigenvalue weighted by molar-refractivity contribution is 5.70. The third kappa shape index (κ3) is 4.15. The van der Waals surface area contributed by atoms with Crippen LogP contribution in [0.2, 0.25) is 0 Å². The predicted molar refractivity (Wildman–Crippen MR) is 55.3 cm³/mol. The van der Waals surface area contributed by atoms with Crippen LogP contribution in [0.5, 0.6) is 11.5 Å². The zero-order chi connectivity index (χ0) is 13.9. The summed E-state index contributed by atoms with van der Waals surface area (Å²) in [6.45, 7) is 1.37. The number of aromatic hydroxyl groups is 1. The van der Waals surface area contributed by atoms with Crippen molar-refractivity contribution in [2.75, 3.05) is 0 Å². The zero-order valence-corrected chi connectivity index (χ0v) is 9.36. The summed E-state index contributed by atoms with van der Waals surface area (Å²) in [4.78, 5) is 10.7. The molecule has 0 fully saturated rings. The van der Waals surface area contributed by atoms with Crippen LogP contribution in [-0.2, 0) is 11.2 Å². The van der Waals surface area contributed by atoms with Crippen molar-refractivity contribution in [2.45, 2.75) is 19.7 Å². The monoisotopic (exact) mass is 264 g/mol. The lowest BCUT2D eigenvalue weighted by atomic mass is 10.0. The number of carboxylic acids is 1. The number of halogens is 3. The number of rotatable bonds is 4. The van der Waals surface area contributed by atoms with Gasteiger partial charge >= 0.3 is 12.3 Å². The van der Waals surface area contributed by atoms with Gasteiger partial charge in [0.15, 0.2) is 0 Å². The number of hydrogen-bond acceptors (Lipinski definition) is 3. The SMILES string of the molecule is CC(Cc1ccc(O)cc1OC(F)(F)F)C(=O)O. The number of hydrogen-bond donors (Lipinski definition) is 2. The number of phenolic OH excluding ortho intramolecular Hbond substituents is 1. The number of benzene rings is 1. The smallest absolute Gasteiger partial charge is 0.508 e. The molecule has 100 valence electrons. The zero-order valence-electron chi connectivity index (χ0n) is 9.36. The van der Waals surface area contributed by atoms with E-state index in [0.29, 0.717) is 0 Å². The summed E-state index contributed by atoms with van der Waals surface area (Å²) in [7, 11) is 0. The summed E-state index contributed by atoms with van der Waals surface area (Å²) in [5, 5.41) is 17.8. The lowest BCUT2D eigenvalue weighted by Gasteiger charge is -2.14. The van der Waals surface area contributed by atoms with Crippen molar-refractivity contribution in [3.63, 3.8) is 0 Å². The molecule has 1 unspecified atom stereocenters. The van der Waals surface area contributed by atoms with Crippen molar-refractivity contribution in [2.24, 2.45) is 5.92 Å². The number of phenols is 1. The largest absolute Gasteiger partial charge is 0.573 e.